The summed E-state index contributed by atoms with van der Waals surface area (Å²) in [5.41, 5.74) is -1.01. The lowest BCUT2D eigenvalue weighted by Crippen LogP contribution is -2.44. The molecule has 1 aliphatic carbocycles. The summed E-state index contributed by atoms with van der Waals surface area (Å²) in [6.45, 7) is -0.787. The average molecular weight is 244 g/mol. The zero-order chi connectivity index (χ0) is 12.9. The molecule has 96 valence electrons. The Bertz CT molecular complexity index is 342. The van der Waals surface area contributed by atoms with Crippen molar-refractivity contribution in [2.75, 3.05) is 20.3 Å². The third-order valence-electron chi connectivity index (χ3n) is 2.46. The zero-order valence-electron chi connectivity index (χ0n) is 9.50. The van der Waals surface area contributed by atoms with Crippen molar-refractivity contribution in [3.05, 3.63) is 34.0 Å². The molecule has 0 radical (unpaired) electrons. The minimum Gasteiger partial charge on any atom is -0.394 e. The predicted octanol–water partition coefficient (Wildman–Crippen LogP) is -0.608. The van der Waals surface area contributed by atoms with E-state index in [4.69, 9.17) is 14.9 Å². The van der Waals surface area contributed by atoms with Crippen molar-refractivity contribution in [1.82, 2.24) is 5.32 Å². The molecule has 17 heavy (non-hydrogen) atoms. The van der Waals surface area contributed by atoms with Crippen LogP contribution in [0.25, 0.3) is 0 Å². The Balaban J connectivity index is 2.75. The summed E-state index contributed by atoms with van der Waals surface area (Å²) in [5.74, 6) is 0. The third kappa shape index (κ3) is 3.26. The normalized spacial score (nSPS) is 25.2. The second-order valence-corrected chi connectivity index (χ2v) is 3.73. The van der Waals surface area contributed by atoms with E-state index in [1.54, 1.807) is 13.1 Å². The molecule has 0 heterocycles. The zero-order valence-corrected chi connectivity index (χ0v) is 9.50. The quantitative estimate of drug-likeness (QED) is 0.327. The van der Waals surface area contributed by atoms with E-state index in [0.29, 0.717) is 5.70 Å². The molecule has 0 fully saturated rings. The molecule has 0 aromatic rings. The molecular weight excluding hydrogens is 228 g/mol. The number of nitrogens with one attached hydrogen (secondary N) is 1. The van der Waals surface area contributed by atoms with Gasteiger partial charge in [0.2, 0.25) is 0 Å². The minimum absolute atomic E-state index is 0.0607. The molecule has 0 saturated carbocycles. The Morgan fingerprint density at radius 3 is 3.00 bits per heavy atom. The van der Waals surface area contributed by atoms with Gasteiger partial charge in [-0.15, -0.1) is 0 Å². The lowest BCUT2D eigenvalue weighted by atomic mass is 10.0. The molecule has 0 spiro atoms. The van der Waals surface area contributed by atoms with E-state index < -0.39 is 23.4 Å². The smallest absolute Gasteiger partial charge is 0.350 e. The molecular formula is C10H16N2O5. The van der Waals surface area contributed by atoms with Crippen LogP contribution in [0.4, 0.5) is 0 Å². The lowest BCUT2D eigenvalue weighted by molar-refractivity contribution is -0.614. The summed E-state index contributed by atoms with van der Waals surface area (Å²) >= 11 is 0. The van der Waals surface area contributed by atoms with E-state index in [9.17, 15) is 10.1 Å². The fourth-order valence-corrected chi connectivity index (χ4v) is 1.45. The van der Waals surface area contributed by atoms with Crippen LogP contribution in [0.2, 0.25) is 0 Å². The van der Waals surface area contributed by atoms with Crippen LogP contribution in [0.1, 0.15) is 6.42 Å². The summed E-state index contributed by atoms with van der Waals surface area (Å²) in [4.78, 5) is 10.5. The van der Waals surface area contributed by atoms with Crippen molar-refractivity contribution < 1.29 is 19.9 Å². The Morgan fingerprint density at radius 2 is 2.47 bits per heavy atom. The van der Waals surface area contributed by atoms with Gasteiger partial charge < -0.3 is 20.3 Å². The van der Waals surface area contributed by atoms with E-state index in [1.165, 1.54) is 12.2 Å². The van der Waals surface area contributed by atoms with Gasteiger partial charge in [0.15, 0.2) is 0 Å². The van der Waals surface area contributed by atoms with Crippen LogP contribution >= 0.6 is 0 Å². The first-order valence-corrected chi connectivity index (χ1v) is 5.17. The van der Waals surface area contributed by atoms with E-state index in [2.05, 4.69) is 5.32 Å². The summed E-state index contributed by atoms with van der Waals surface area (Å²) < 4.78 is 5.14. The largest absolute Gasteiger partial charge is 0.394 e. The summed E-state index contributed by atoms with van der Waals surface area (Å²) in [7, 11) is 1.66. The Morgan fingerprint density at radius 1 is 1.76 bits per heavy atom. The van der Waals surface area contributed by atoms with Gasteiger partial charge in [-0.2, -0.15) is 0 Å². The van der Waals surface area contributed by atoms with Crippen molar-refractivity contribution in [3.63, 3.8) is 0 Å². The first-order chi connectivity index (χ1) is 8.04. The van der Waals surface area contributed by atoms with Crippen LogP contribution in [0.15, 0.2) is 23.9 Å². The highest BCUT2D eigenvalue weighted by atomic mass is 16.7. The van der Waals surface area contributed by atoms with Gasteiger partial charge in [-0.3, -0.25) is 10.1 Å². The molecule has 7 nitrogen and oxygen atoms in total. The van der Waals surface area contributed by atoms with Crippen LogP contribution in [0.5, 0.6) is 0 Å². The van der Waals surface area contributed by atoms with E-state index in [-0.39, 0.29) is 13.0 Å². The SMILES string of the molecule is CNC1=CC=CC(OCC(O)CO)([N+](=O)[O-])C1. The van der Waals surface area contributed by atoms with Crippen molar-refractivity contribution in [2.45, 2.75) is 18.2 Å². The fraction of sp³-hybridized carbons (Fsp3) is 0.600. The van der Waals surface area contributed by atoms with Crippen molar-refractivity contribution >= 4 is 0 Å². The van der Waals surface area contributed by atoms with Gasteiger partial charge >= 0.3 is 5.72 Å². The number of allylic oxidation sites excluding steroid dienone is 2. The van der Waals surface area contributed by atoms with Gasteiger partial charge in [-0.05, 0) is 6.08 Å². The molecule has 3 N–H and O–H groups in total. The predicted molar refractivity (Wildman–Crippen MR) is 59.7 cm³/mol. The Labute approximate surface area is 98.5 Å². The number of nitro groups is 1. The summed E-state index contributed by atoms with van der Waals surface area (Å²) in [6.07, 6.45) is 3.52. The minimum atomic E-state index is -1.68. The maximum Gasteiger partial charge on any atom is 0.350 e. The second kappa shape index (κ2) is 5.76. The number of hydrogen-bond donors (Lipinski definition) is 3. The monoisotopic (exact) mass is 244 g/mol. The van der Waals surface area contributed by atoms with Crippen LogP contribution in [0, 0.1) is 10.1 Å². The second-order valence-electron chi connectivity index (χ2n) is 3.73. The van der Waals surface area contributed by atoms with Crippen molar-refractivity contribution in [3.8, 4) is 0 Å². The summed E-state index contributed by atoms with van der Waals surface area (Å²) in [6, 6.07) is 0. The number of aliphatic hydroxyl groups excluding tert-OH is 2. The van der Waals surface area contributed by atoms with Gasteiger partial charge in [0.1, 0.15) is 6.10 Å². The molecule has 2 atom stereocenters. The van der Waals surface area contributed by atoms with Gasteiger partial charge in [-0.1, -0.05) is 6.08 Å². The van der Waals surface area contributed by atoms with Crippen LogP contribution in [-0.4, -0.2) is 47.2 Å². The fourth-order valence-electron chi connectivity index (χ4n) is 1.45. The molecule has 0 bridgehead atoms. The number of rotatable bonds is 6. The lowest BCUT2D eigenvalue weighted by Gasteiger charge is -2.26. The molecule has 1 rings (SSSR count). The van der Waals surface area contributed by atoms with Gasteiger partial charge in [0.05, 0.1) is 24.6 Å². The first kappa shape index (κ1) is 13.6. The summed E-state index contributed by atoms with van der Waals surface area (Å²) in [5, 5.41) is 31.7. The number of hydrogen-bond acceptors (Lipinski definition) is 6. The maximum absolute atomic E-state index is 11.1. The molecule has 0 saturated heterocycles. The highest BCUT2D eigenvalue weighted by Crippen LogP contribution is 2.26. The van der Waals surface area contributed by atoms with Gasteiger partial charge in [0, 0.05) is 18.8 Å². The number of ether oxygens (including phenoxy) is 1. The Hall–Kier alpha value is -1.44. The first-order valence-electron chi connectivity index (χ1n) is 5.17. The molecule has 0 aliphatic heterocycles. The highest BCUT2D eigenvalue weighted by Gasteiger charge is 2.44. The van der Waals surface area contributed by atoms with Crippen LogP contribution < -0.4 is 5.32 Å². The van der Waals surface area contributed by atoms with E-state index in [1.807, 2.05) is 0 Å². The third-order valence-corrected chi connectivity index (χ3v) is 2.46. The standard InChI is InChI=1S/C10H16N2O5/c1-11-8-3-2-4-10(5-8,12(15)16)17-7-9(14)6-13/h2-4,9,11,13-14H,5-7H2,1H3. The van der Waals surface area contributed by atoms with Gasteiger partial charge in [0.25, 0.3) is 0 Å². The molecule has 2 unspecified atom stereocenters. The maximum atomic E-state index is 11.1. The van der Waals surface area contributed by atoms with Gasteiger partial charge in [-0.25, -0.2) is 0 Å². The molecule has 0 aromatic heterocycles. The molecule has 1 aliphatic rings. The number of nitrogens with zero attached hydrogens (tertiary/aromatic N) is 1. The molecule has 0 aromatic carbocycles. The topological polar surface area (TPSA) is 105 Å². The molecule has 7 heteroatoms. The number of aliphatic hydroxyl groups is 2. The van der Waals surface area contributed by atoms with Crippen molar-refractivity contribution in [1.29, 1.82) is 0 Å². The van der Waals surface area contributed by atoms with Crippen LogP contribution in [0.3, 0.4) is 0 Å². The Kier molecular flexibility index (Phi) is 4.62. The van der Waals surface area contributed by atoms with Crippen molar-refractivity contribution in [2.24, 2.45) is 0 Å². The van der Waals surface area contributed by atoms with Crippen LogP contribution in [-0.2, 0) is 4.74 Å². The van der Waals surface area contributed by atoms with E-state index >= 15 is 0 Å². The van der Waals surface area contributed by atoms with E-state index in [0.717, 1.165) is 0 Å². The highest BCUT2D eigenvalue weighted by molar-refractivity contribution is 5.21. The average Bonchev–Trinajstić information content (AvgIpc) is 2.35. The molecule has 0 amide bonds.